The van der Waals surface area contributed by atoms with Crippen LogP contribution in [0.3, 0.4) is 0 Å². The first-order chi connectivity index (χ1) is 8.04. The quantitative estimate of drug-likeness (QED) is 0.671. The molecule has 1 aromatic carbocycles. The van der Waals surface area contributed by atoms with E-state index in [4.69, 9.17) is 0 Å². The van der Waals surface area contributed by atoms with Crippen LogP contribution in [0.2, 0.25) is 0 Å². The van der Waals surface area contributed by atoms with Crippen molar-refractivity contribution in [3.8, 4) is 0 Å². The van der Waals surface area contributed by atoms with E-state index in [1.54, 1.807) is 12.1 Å². The summed E-state index contributed by atoms with van der Waals surface area (Å²) < 4.78 is 0.790. The maximum absolute atomic E-state index is 10.7. The summed E-state index contributed by atoms with van der Waals surface area (Å²) in [7, 11) is 1.84. The first-order valence-electron chi connectivity index (χ1n) is 5.03. The standard InChI is InChI=1S/C11H11BrN2O3/c1-13-5-7-4-8(14(16)17)2-3-9(7)11(12)10(13)6-15/h2-4,15H,5-6H2,1H3. The number of nitrogens with zero attached hydrogens (tertiary/aromatic N) is 2. The van der Waals surface area contributed by atoms with Crippen molar-refractivity contribution >= 4 is 26.1 Å². The van der Waals surface area contributed by atoms with Crippen LogP contribution in [0.5, 0.6) is 0 Å². The number of hydrogen-bond donors (Lipinski definition) is 1. The van der Waals surface area contributed by atoms with Gasteiger partial charge in [0.2, 0.25) is 0 Å². The van der Waals surface area contributed by atoms with Crippen LogP contribution >= 0.6 is 15.9 Å². The average Bonchev–Trinajstić information content (AvgIpc) is 2.28. The topological polar surface area (TPSA) is 66.6 Å². The summed E-state index contributed by atoms with van der Waals surface area (Å²) in [6.45, 7) is 0.496. The summed E-state index contributed by atoms with van der Waals surface area (Å²) in [5, 5.41) is 20.0. The molecule has 0 spiro atoms. The number of nitro benzene ring substituents is 1. The minimum Gasteiger partial charge on any atom is -0.390 e. The van der Waals surface area contributed by atoms with Gasteiger partial charge in [-0.15, -0.1) is 0 Å². The predicted molar refractivity (Wildman–Crippen MR) is 67.5 cm³/mol. The molecule has 0 bridgehead atoms. The zero-order valence-electron chi connectivity index (χ0n) is 9.18. The van der Waals surface area contributed by atoms with E-state index in [0.29, 0.717) is 6.54 Å². The van der Waals surface area contributed by atoms with E-state index in [-0.39, 0.29) is 12.3 Å². The fourth-order valence-corrected chi connectivity index (χ4v) is 2.72. The first kappa shape index (κ1) is 12.1. The number of nitro groups is 1. The molecule has 0 unspecified atom stereocenters. The van der Waals surface area contributed by atoms with E-state index in [9.17, 15) is 15.2 Å². The summed E-state index contributed by atoms with van der Waals surface area (Å²) in [5.41, 5.74) is 2.65. The monoisotopic (exact) mass is 298 g/mol. The lowest BCUT2D eigenvalue weighted by molar-refractivity contribution is -0.384. The molecule has 0 amide bonds. The van der Waals surface area contributed by atoms with Gasteiger partial charge in [-0.2, -0.15) is 0 Å². The Morgan fingerprint density at radius 3 is 2.88 bits per heavy atom. The van der Waals surface area contributed by atoms with Crippen LogP contribution in [-0.2, 0) is 6.54 Å². The SMILES string of the molecule is CN1Cc2cc([N+](=O)[O-])ccc2C(Br)=C1CO. The second-order valence-corrected chi connectivity index (χ2v) is 4.67. The lowest BCUT2D eigenvalue weighted by atomic mass is 10.0. The van der Waals surface area contributed by atoms with Crippen molar-refractivity contribution in [1.82, 2.24) is 4.90 Å². The maximum atomic E-state index is 10.7. The van der Waals surface area contributed by atoms with E-state index < -0.39 is 4.92 Å². The fraction of sp³-hybridized carbons (Fsp3) is 0.273. The number of aliphatic hydroxyl groups is 1. The minimum absolute atomic E-state index is 0.0620. The number of aliphatic hydroxyl groups excluding tert-OH is 1. The molecule has 5 nitrogen and oxygen atoms in total. The van der Waals surface area contributed by atoms with Gasteiger partial charge in [0, 0.05) is 30.2 Å². The number of benzene rings is 1. The second-order valence-electron chi connectivity index (χ2n) is 3.87. The van der Waals surface area contributed by atoms with Crippen molar-refractivity contribution < 1.29 is 10.0 Å². The van der Waals surface area contributed by atoms with Gasteiger partial charge in [-0.3, -0.25) is 10.1 Å². The fourth-order valence-electron chi connectivity index (χ4n) is 1.90. The summed E-state index contributed by atoms with van der Waals surface area (Å²) in [6, 6.07) is 4.75. The van der Waals surface area contributed by atoms with Crippen molar-refractivity contribution in [1.29, 1.82) is 0 Å². The molecular weight excluding hydrogens is 288 g/mol. The van der Waals surface area contributed by atoms with Crippen molar-refractivity contribution in [2.45, 2.75) is 6.54 Å². The number of rotatable bonds is 2. The molecule has 1 aliphatic rings. The van der Waals surface area contributed by atoms with Crippen LogP contribution in [0, 0.1) is 10.1 Å². The highest BCUT2D eigenvalue weighted by atomic mass is 79.9. The highest BCUT2D eigenvalue weighted by molar-refractivity contribution is 9.15. The van der Waals surface area contributed by atoms with Crippen LogP contribution in [0.4, 0.5) is 5.69 Å². The maximum Gasteiger partial charge on any atom is 0.269 e. The molecule has 1 aromatic rings. The number of halogens is 1. The summed E-state index contributed by atoms with van der Waals surface area (Å²) in [4.78, 5) is 12.2. The molecule has 0 saturated heterocycles. The van der Waals surface area contributed by atoms with Gasteiger partial charge in [-0.1, -0.05) is 0 Å². The van der Waals surface area contributed by atoms with E-state index in [2.05, 4.69) is 15.9 Å². The normalized spacial score (nSPS) is 14.9. The average molecular weight is 299 g/mol. The molecule has 1 N–H and O–H groups in total. The van der Waals surface area contributed by atoms with Crippen molar-refractivity contribution in [2.75, 3.05) is 13.7 Å². The predicted octanol–water partition coefficient (Wildman–Crippen LogP) is 2.10. The van der Waals surface area contributed by atoms with Gasteiger partial charge in [0.1, 0.15) is 0 Å². The van der Waals surface area contributed by atoms with Gasteiger partial charge in [0.15, 0.2) is 0 Å². The summed E-state index contributed by atoms with van der Waals surface area (Å²) in [6.07, 6.45) is 0. The number of non-ortho nitro benzene ring substituents is 1. The van der Waals surface area contributed by atoms with Crippen LogP contribution < -0.4 is 0 Å². The van der Waals surface area contributed by atoms with E-state index in [0.717, 1.165) is 21.3 Å². The van der Waals surface area contributed by atoms with Gasteiger partial charge in [-0.05, 0) is 33.1 Å². The Balaban J connectivity index is 2.54. The second kappa shape index (κ2) is 4.46. The molecule has 0 fully saturated rings. The Hall–Kier alpha value is -1.40. The molecule has 2 rings (SSSR count). The first-order valence-corrected chi connectivity index (χ1v) is 5.82. The van der Waals surface area contributed by atoms with Crippen LogP contribution in [0.25, 0.3) is 4.48 Å². The molecule has 0 radical (unpaired) electrons. The molecule has 6 heteroatoms. The third-order valence-electron chi connectivity index (χ3n) is 2.81. The molecule has 1 heterocycles. The van der Waals surface area contributed by atoms with Gasteiger partial charge < -0.3 is 10.0 Å². The largest absolute Gasteiger partial charge is 0.390 e. The number of likely N-dealkylation sites (N-methyl/N-ethyl adjacent to an activating group) is 1. The summed E-state index contributed by atoms with van der Waals surface area (Å²) >= 11 is 3.42. The lowest BCUT2D eigenvalue weighted by Gasteiger charge is -2.29. The Kier molecular flexibility index (Phi) is 3.17. The summed E-state index contributed by atoms with van der Waals surface area (Å²) in [5.74, 6) is 0. The van der Waals surface area contributed by atoms with Crippen molar-refractivity contribution in [3.05, 3.63) is 45.1 Å². The van der Waals surface area contributed by atoms with Crippen LogP contribution in [0.1, 0.15) is 11.1 Å². The van der Waals surface area contributed by atoms with Crippen LogP contribution in [-0.4, -0.2) is 28.6 Å². The Labute approximate surface area is 107 Å². The minimum atomic E-state index is -0.403. The molecule has 0 aromatic heterocycles. The van der Waals surface area contributed by atoms with Crippen LogP contribution in [0.15, 0.2) is 23.9 Å². The molecule has 1 aliphatic heterocycles. The zero-order chi connectivity index (χ0) is 12.6. The molecule has 17 heavy (non-hydrogen) atoms. The zero-order valence-corrected chi connectivity index (χ0v) is 10.8. The Bertz CT molecular complexity index is 513. The van der Waals surface area contributed by atoms with Crippen molar-refractivity contribution in [3.63, 3.8) is 0 Å². The van der Waals surface area contributed by atoms with Gasteiger partial charge >= 0.3 is 0 Å². The Morgan fingerprint density at radius 1 is 1.59 bits per heavy atom. The number of hydrogen-bond acceptors (Lipinski definition) is 4. The van der Waals surface area contributed by atoms with Gasteiger partial charge in [0.25, 0.3) is 5.69 Å². The highest BCUT2D eigenvalue weighted by Gasteiger charge is 2.22. The molecule has 0 saturated carbocycles. The highest BCUT2D eigenvalue weighted by Crippen LogP contribution is 2.36. The molecular formula is C11H11BrN2O3. The van der Waals surface area contributed by atoms with Crippen molar-refractivity contribution in [2.24, 2.45) is 0 Å². The third-order valence-corrected chi connectivity index (χ3v) is 3.69. The molecule has 90 valence electrons. The molecule has 0 aliphatic carbocycles. The van der Waals surface area contributed by atoms with E-state index >= 15 is 0 Å². The van der Waals surface area contributed by atoms with E-state index in [1.165, 1.54) is 6.07 Å². The smallest absolute Gasteiger partial charge is 0.269 e. The third kappa shape index (κ3) is 2.05. The van der Waals surface area contributed by atoms with Gasteiger partial charge in [-0.25, -0.2) is 0 Å². The number of fused-ring (bicyclic) bond motifs is 1. The Morgan fingerprint density at radius 2 is 2.29 bits per heavy atom. The lowest BCUT2D eigenvalue weighted by Crippen LogP contribution is -2.24. The van der Waals surface area contributed by atoms with Gasteiger partial charge in [0.05, 0.1) is 17.2 Å². The van der Waals surface area contributed by atoms with E-state index in [1.807, 2.05) is 11.9 Å². The molecule has 0 atom stereocenters.